The zero-order valence-corrected chi connectivity index (χ0v) is 15.1. The summed E-state index contributed by atoms with van der Waals surface area (Å²) in [5.74, 6) is -3.16. The van der Waals surface area contributed by atoms with Crippen LogP contribution in [0.3, 0.4) is 0 Å². The number of hydrogen-bond acceptors (Lipinski definition) is 6. The third-order valence-corrected chi connectivity index (χ3v) is 7.46. The summed E-state index contributed by atoms with van der Waals surface area (Å²) in [7, 11) is -4.13. The molecular weight excluding hydrogens is 334 g/mol. The highest BCUT2D eigenvalue weighted by Gasteiger charge is 2.59. The zero-order valence-electron chi connectivity index (χ0n) is 14.3. The molecule has 5 unspecified atom stereocenters. The van der Waals surface area contributed by atoms with Gasteiger partial charge in [-0.15, -0.1) is 9.35 Å². The van der Waals surface area contributed by atoms with Crippen LogP contribution in [0, 0.1) is 35.0 Å². The van der Waals surface area contributed by atoms with E-state index in [4.69, 9.17) is 4.28 Å². The maximum atomic E-state index is 12.4. The molecule has 0 aromatic heterocycles. The number of hydroxylamine groups is 2. The van der Waals surface area contributed by atoms with Crippen LogP contribution in [0.15, 0.2) is 0 Å². The number of Topliss-reactive ketones (excluding diaryl/α,β-unsaturated/α-hetero) is 1. The minimum absolute atomic E-state index is 0.104. The Hall–Kier alpha value is -1.28. The predicted molar refractivity (Wildman–Crippen MR) is 83.5 cm³/mol. The minimum atomic E-state index is -4.13. The Balaban J connectivity index is 1.73. The van der Waals surface area contributed by atoms with Gasteiger partial charge in [-0.25, -0.2) is 0 Å². The van der Waals surface area contributed by atoms with Crippen LogP contribution in [0.1, 0.15) is 40.5 Å². The normalized spacial score (nSPS) is 38.4. The van der Waals surface area contributed by atoms with Crippen molar-refractivity contribution in [1.29, 1.82) is 0 Å². The van der Waals surface area contributed by atoms with E-state index < -0.39 is 33.8 Å². The van der Waals surface area contributed by atoms with E-state index in [2.05, 4.69) is 0 Å². The van der Waals surface area contributed by atoms with E-state index in [1.54, 1.807) is 13.8 Å². The van der Waals surface area contributed by atoms with Gasteiger partial charge in [0, 0.05) is 24.2 Å². The van der Waals surface area contributed by atoms with E-state index in [1.807, 2.05) is 13.8 Å². The Kier molecular flexibility index (Phi) is 3.92. The van der Waals surface area contributed by atoms with Crippen LogP contribution >= 0.6 is 0 Å². The molecule has 0 aromatic carbocycles. The molecule has 1 aliphatic heterocycles. The fourth-order valence-corrected chi connectivity index (χ4v) is 5.90. The highest BCUT2D eigenvalue weighted by molar-refractivity contribution is 7.86. The molecule has 1 saturated heterocycles. The van der Waals surface area contributed by atoms with Crippen LogP contribution in [0.4, 0.5) is 0 Å². The van der Waals surface area contributed by atoms with Crippen LogP contribution < -0.4 is 0 Å². The molecule has 3 rings (SSSR count). The molecule has 5 atom stereocenters. The fourth-order valence-electron chi connectivity index (χ4n) is 4.61. The largest absolute Gasteiger partial charge is 0.299 e. The third kappa shape index (κ3) is 2.50. The molecule has 7 nitrogen and oxygen atoms in total. The van der Waals surface area contributed by atoms with Crippen molar-refractivity contribution in [3.05, 3.63) is 0 Å². The van der Waals surface area contributed by atoms with Gasteiger partial charge in [0.2, 0.25) is 0 Å². The Morgan fingerprint density at radius 2 is 1.67 bits per heavy atom. The number of fused-ring (bicyclic) bond motifs is 2. The second-order valence-corrected chi connectivity index (χ2v) is 9.61. The number of carbonyl (C=O) groups excluding carboxylic acids is 3. The Bertz CT molecular complexity index is 692. The van der Waals surface area contributed by atoms with Gasteiger partial charge in [0.05, 0.1) is 5.75 Å². The average molecular weight is 357 g/mol. The van der Waals surface area contributed by atoms with E-state index in [0.717, 1.165) is 0 Å². The molecule has 1 heterocycles. The van der Waals surface area contributed by atoms with Crippen LogP contribution in [-0.4, -0.2) is 36.8 Å². The summed E-state index contributed by atoms with van der Waals surface area (Å²) in [6.07, 6.45) is 1.16. The van der Waals surface area contributed by atoms with Gasteiger partial charge in [0.1, 0.15) is 5.78 Å². The van der Waals surface area contributed by atoms with Crippen molar-refractivity contribution in [3.8, 4) is 0 Å². The number of hydrogen-bond donors (Lipinski definition) is 0. The van der Waals surface area contributed by atoms with Gasteiger partial charge in [-0.05, 0) is 23.7 Å². The number of rotatable bonds is 4. The van der Waals surface area contributed by atoms with Crippen molar-refractivity contribution in [2.75, 3.05) is 5.75 Å². The maximum absolute atomic E-state index is 12.4. The van der Waals surface area contributed by atoms with Gasteiger partial charge >= 0.3 is 0 Å². The summed E-state index contributed by atoms with van der Waals surface area (Å²) in [4.78, 5) is 36.1. The number of nitrogens with zero attached hydrogens (tertiary/aromatic N) is 1. The molecule has 2 aliphatic carbocycles. The lowest BCUT2D eigenvalue weighted by Gasteiger charge is -2.25. The topological polar surface area (TPSA) is 97.8 Å². The molecule has 0 aromatic rings. The molecule has 0 spiro atoms. The lowest BCUT2D eigenvalue weighted by molar-refractivity contribution is -0.165. The van der Waals surface area contributed by atoms with Crippen molar-refractivity contribution < 1.29 is 27.1 Å². The first kappa shape index (κ1) is 17.5. The van der Waals surface area contributed by atoms with Gasteiger partial charge in [-0.3, -0.25) is 14.4 Å². The minimum Gasteiger partial charge on any atom is -0.299 e. The molecule has 2 amide bonds. The highest BCUT2D eigenvalue weighted by atomic mass is 32.2. The standard InChI is InChI=1S/C16H23NO6S/c1-8-9(2)15(20)17(14(8)19)23-24(21,22)7-10-5-11-6-12(18)13(10)16(11,3)4/h8-11,13H,5-7H2,1-4H3. The number of ketones is 1. The average Bonchev–Trinajstić information content (AvgIpc) is 2.90. The van der Waals surface area contributed by atoms with Crippen molar-refractivity contribution in [2.24, 2.45) is 35.0 Å². The first-order chi connectivity index (χ1) is 11.0. The highest BCUT2D eigenvalue weighted by Crippen LogP contribution is 2.58. The molecular formula is C16H23NO6S. The first-order valence-corrected chi connectivity index (χ1v) is 9.86. The molecule has 3 aliphatic rings. The van der Waals surface area contributed by atoms with E-state index in [9.17, 15) is 22.8 Å². The number of imide groups is 1. The molecule has 24 heavy (non-hydrogen) atoms. The smallest absolute Gasteiger partial charge is 0.288 e. The van der Waals surface area contributed by atoms with Crippen LogP contribution in [0.5, 0.6) is 0 Å². The second-order valence-electron chi connectivity index (χ2n) is 8.01. The monoisotopic (exact) mass is 357 g/mol. The molecule has 0 radical (unpaired) electrons. The third-order valence-electron chi connectivity index (χ3n) is 6.24. The lowest BCUT2D eigenvalue weighted by Crippen LogP contribution is -2.37. The summed E-state index contributed by atoms with van der Waals surface area (Å²) >= 11 is 0. The Morgan fingerprint density at radius 1 is 1.12 bits per heavy atom. The van der Waals surface area contributed by atoms with Gasteiger partial charge in [-0.2, -0.15) is 8.42 Å². The van der Waals surface area contributed by atoms with Gasteiger partial charge < -0.3 is 0 Å². The fraction of sp³-hybridized carbons (Fsp3) is 0.812. The Morgan fingerprint density at radius 3 is 2.12 bits per heavy atom. The van der Waals surface area contributed by atoms with Crippen molar-refractivity contribution in [2.45, 2.75) is 40.5 Å². The van der Waals surface area contributed by atoms with E-state index in [0.29, 0.717) is 17.9 Å². The lowest BCUT2D eigenvalue weighted by atomic mass is 9.80. The van der Waals surface area contributed by atoms with Crippen LogP contribution in [0.25, 0.3) is 0 Å². The molecule has 2 bridgehead atoms. The van der Waals surface area contributed by atoms with Gasteiger partial charge in [0.15, 0.2) is 0 Å². The molecule has 134 valence electrons. The second kappa shape index (κ2) is 5.36. The predicted octanol–water partition coefficient (Wildman–Crippen LogP) is 1.14. The quantitative estimate of drug-likeness (QED) is 0.700. The van der Waals surface area contributed by atoms with E-state index in [-0.39, 0.29) is 34.7 Å². The summed E-state index contributed by atoms with van der Waals surface area (Å²) in [5, 5.41) is 0.380. The van der Waals surface area contributed by atoms with Gasteiger partial charge in [0.25, 0.3) is 21.9 Å². The summed E-state index contributed by atoms with van der Waals surface area (Å²) in [6.45, 7) is 7.13. The molecule has 0 N–H and O–H groups in total. The summed E-state index contributed by atoms with van der Waals surface area (Å²) < 4.78 is 29.6. The molecule has 3 fully saturated rings. The zero-order chi connectivity index (χ0) is 18.0. The SMILES string of the molecule is CC1C(=O)N(OS(=O)(=O)CC2CC3CC(=O)C2C3(C)C)C(=O)C1C. The van der Waals surface area contributed by atoms with Crippen LogP contribution in [-0.2, 0) is 28.8 Å². The van der Waals surface area contributed by atoms with E-state index in [1.165, 1.54) is 0 Å². The van der Waals surface area contributed by atoms with Gasteiger partial charge in [-0.1, -0.05) is 27.7 Å². The van der Waals surface area contributed by atoms with Crippen molar-refractivity contribution in [3.63, 3.8) is 0 Å². The maximum Gasteiger partial charge on any atom is 0.288 e. The number of amides is 2. The first-order valence-electron chi connectivity index (χ1n) is 8.28. The summed E-state index contributed by atoms with van der Waals surface area (Å²) in [6, 6.07) is 0. The van der Waals surface area contributed by atoms with E-state index >= 15 is 0 Å². The Labute approximate surface area is 141 Å². The molecule has 8 heteroatoms. The molecule has 2 saturated carbocycles. The summed E-state index contributed by atoms with van der Waals surface area (Å²) in [5.41, 5.74) is -0.209. The van der Waals surface area contributed by atoms with Crippen LogP contribution in [0.2, 0.25) is 0 Å². The number of carbonyl (C=O) groups is 3. The van der Waals surface area contributed by atoms with Crippen molar-refractivity contribution in [1.82, 2.24) is 5.06 Å². The van der Waals surface area contributed by atoms with Crippen molar-refractivity contribution >= 4 is 27.7 Å².